The number of H-pyrrole nitrogens is 1. The molecular formula is C22H22ClN3O2. The van der Waals surface area contributed by atoms with Gasteiger partial charge in [-0.1, -0.05) is 48.0 Å². The van der Waals surface area contributed by atoms with Gasteiger partial charge >= 0.3 is 0 Å². The zero-order valence-electron chi connectivity index (χ0n) is 15.5. The number of likely N-dealkylation sites (tertiary alicyclic amines) is 1. The van der Waals surface area contributed by atoms with Crippen LogP contribution in [-0.2, 0) is 9.59 Å². The molecule has 1 aliphatic heterocycles. The first-order valence-electron chi connectivity index (χ1n) is 9.48. The van der Waals surface area contributed by atoms with Crippen LogP contribution in [-0.4, -0.2) is 41.3 Å². The third-order valence-corrected chi connectivity index (χ3v) is 5.63. The fourth-order valence-electron chi connectivity index (χ4n) is 3.84. The van der Waals surface area contributed by atoms with Crippen LogP contribution < -0.4 is 5.32 Å². The molecule has 5 nitrogen and oxygen atoms in total. The van der Waals surface area contributed by atoms with Crippen LogP contribution in [0.5, 0.6) is 0 Å². The van der Waals surface area contributed by atoms with Crippen LogP contribution in [0.1, 0.15) is 29.9 Å². The fourth-order valence-corrected chi connectivity index (χ4v) is 4.11. The van der Waals surface area contributed by atoms with Gasteiger partial charge in [0, 0.05) is 47.6 Å². The van der Waals surface area contributed by atoms with E-state index < -0.39 is 0 Å². The lowest BCUT2D eigenvalue weighted by Gasteiger charge is -2.21. The second-order valence-electron chi connectivity index (χ2n) is 7.09. The highest BCUT2D eigenvalue weighted by Gasteiger charge is 2.24. The first kappa shape index (κ1) is 18.6. The molecule has 0 radical (unpaired) electrons. The summed E-state index contributed by atoms with van der Waals surface area (Å²) < 4.78 is 0. The molecule has 28 heavy (non-hydrogen) atoms. The number of fused-ring (bicyclic) bond motifs is 1. The van der Waals surface area contributed by atoms with Gasteiger partial charge in [-0.15, -0.1) is 0 Å². The van der Waals surface area contributed by atoms with E-state index in [1.807, 2.05) is 48.7 Å². The molecular weight excluding hydrogens is 374 g/mol. The average molecular weight is 396 g/mol. The number of aromatic amines is 1. The van der Waals surface area contributed by atoms with Crippen LogP contribution in [0.2, 0.25) is 5.02 Å². The molecule has 2 heterocycles. The first-order chi connectivity index (χ1) is 13.6. The van der Waals surface area contributed by atoms with Gasteiger partial charge in [-0.3, -0.25) is 9.59 Å². The summed E-state index contributed by atoms with van der Waals surface area (Å²) in [6.45, 7) is 1.18. The normalized spacial score (nSPS) is 15.2. The summed E-state index contributed by atoms with van der Waals surface area (Å²) in [6, 6.07) is 15.8. The van der Waals surface area contributed by atoms with Gasteiger partial charge in [0.1, 0.15) is 0 Å². The van der Waals surface area contributed by atoms with Crippen molar-refractivity contribution in [2.75, 3.05) is 19.6 Å². The van der Waals surface area contributed by atoms with Crippen molar-refractivity contribution in [3.63, 3.8) is 0 Å². The largest absolute Gasteiger partial charge is 0.361 e. The van der Waals surface area contributed by atoms with E-state index in [0.29, 0.717) is 24.5 Å². The smallest absolute Gasteiger partial charge is 0.239 e. The molecule has 0 bridgehead atoms. The second-order valence-corrected chi connectivity index (χ2v) is 7.49. The summed E-state index contributed by atoms with van der Waals surface area (Å²) in [5.74, 6) is -0.190. The molecule has 1 fully saturated rings. The summed E-state index contributed by atoms with van der Waals surface area (Å²) >= 11 is 6.48. The van der Waals surface area contributed by atoms with Gasteiger partial charge in [0.2, 0.25) is 11.8 Å². The van der Waals surface area contributed by atoms with Crippen molar-refractivity contribution in [2.24, 2.45) is 0 Å². The number of hydrogen-bond donors (Lipinski definition) is 2. The monoisotopic (exact) mass is 395 g/mol. The van der Waals surface area contributed by atoms with E-state index >= 15 is 0 Å². The van der Waals surface area contributed by atoms with E-state index in [0.717, 1.165) is 28.5 Å². The number of para-hydroxylation sites is 1. The van der Waals surface area contributed by atoms with Crippen LogP contribution in [0.25, 0.3) is 10.9 Å². The number of aromatic nitrogens is 1. The average Bonchev–Trinajstić information content (AvgIpc) is 3.30. The standard InChI is InChI=1S/C22H22ClN3O2/c23-19-8-3-1-6-15(19)17(18-12-24-20-9-4-2-7-16(18)20)13-25-21(27)14-26-11-5-10-22(26)28/h1-4,6-9,12,17,24H,5,10-11,13-14H2,(H,25,27)/t17-/m0/s1. The van der Waals surface area contributed by atoms with E-state index in [-0.39, 0.29) is 24.3 Å². The minimum atomic E-state index is -0.146. The van der Waals surface area contributed by atoms with Gasteiger partial charge in [-0.25, -0.2) is 0 Å². The molecule has 4 rings (SSSR count). The molecule has 2 N–H and O–H groups in total. The number of halogens is 1. The highest BCUT2D eigenvalue weighted by Crippen LogP contribution is 2.34. The fraction of sp³-hybridized carbons (Fsp3) is 0.273. The van der Waals surface area contributed by atoms with Crippen LogP contribution in [0.4, 0.5) is 0 Å². The van der Waals surface area contributed by atoms with Crippen LogP contribution >= 0.6 is 11.6 Å². The SMILES string of the molecule is O=C(CN1CCCC1=O)NC[C@@H](c1ccccc1Cl)c1c[nH]c2ccccc12. The molecule has 3 aromatic rings. The molecule has 2 aromatic carbocycles. The van der Waals surface area contributed by atoms with E-state index in [1.165, 1.54) is 0 Å². The Morgan fingerprint density at radius 1 is 1.14 bits per heavy atom. The molecule has 0 spiro atoms. The zero-order chi connectivity index (χ0) is 19.5. The van der Waals surface area contributed by atoms with Crippen LogP contribution in [0, 0.1) is 0 Å². The molecule has 1 atom stereocenters. The van der Waals surface area contributed by atoms with E-state index in [4.69, 9.17) is 11.6 Å². The number of carbonyl (C=O) groups excluding carboxylic acids is 2. The summed E-state index contributed by atoms with van der Waals surface area (Å²) in [7, 11) is 0. The Kier molecular flexibility index (Phi) is 5.35. The molecule has 144 valence electrons. The molecule has 1 aliphatic rings. The summed E-state index contributed by atoms with van der Waals surface area (Å²) in [4.78, 5) is 29.1. The van der Waals surface area contributed by atoms with Crippen molar-refractivity contribution in [1.29, 1.82) is 0 Å². The van der Waals surface area contributed by atoms with E-state index in [2.05, 4.69) is 16.4 Å². The van der Waals surface area contributed by atoms with E-state index in [1.54, 1.807) is 4.90 Å². The molecule has 1 aromatic heterocycles. The predicted octanol–water partition coefficient (Wildman–Crippen LogP) is 3.69. The predicted molar refractivity (Wildman–Crippen MR) is 110 cm³/mol. The maximum absolute atomic E-state index is 12.5. The van der Waals surface area contributed by atoms with Crippen molar-refractivity contribution in [3.05, 3.63) is 70.9 Å². The number of carbonyl (C=O) groups is 2. The maximum atomic E-state index is 12.5. The lowest BCUT2D eigenvalue weighted by molar-refractivity contribution is -0.133. The van der Waals surface area contributed by atoms with E-state index in [9.17, 15) is 9.59 Å². The summed E-state index contributed by atoms with van der Waals surface area (Å²) in [5, 5.41) is 4.78. The first-order valence-corrected chi connectivity index (χ1v) is 9.86. The van der Waals surface area contributed by atoms with Crippen molar-refractivity contribution >= 4 is 34.3 Å². The Morgan fingerprint density at radius 2 is 1.93 bits per heavy atom. The van der Waals surface area contributed by atoms with Crippen molar-refractivity contribution in [1.82, 2.24) is 15.2 Å². The molecule has 2 amide bonds. The minimum absolute atomic E-state index is 0.0504. The molecule has 0 unspecified atom stereocenters. The Labute approximate surface area is 168 Å². The highest BCUT2D eigenvalue weighted by atomic mass is 35.5. The van der Waals surface area contributed by atoms with Crippen molar-refractivity contribution in [2.45, 2.75) is 18.8 Å². The van der Waals surface area contributed by atoms with Gasteiger partial charge in [0.05, 0.1) is 6.54 Å². The number of nitrogens with zero attached hydrogens (tertiary/aromatic N) is 1. The van der Waals surface area contributed by atoms with Crippen molar-refractivity contribution < 1.29 is 9.59 Å². The van der Waals surface area contributed by atoms with Gasteiger partial charge < -0.3 is 15.2 Å². The molecule has 0 saturated carbocycles. The Hall–Kier alpha value is -2.79. The third-order valence-electron chi connectivity index (χ3n) is 5.29. The lowest BCUT2D eigenvalue weighted by atomic mass is 9.90. The quantitative estimate of drug-likeness (QED) is 0.668. The second kappa shape index (κ2) is 8.07. The Bertz CT molecular complexity index is 1010. The van der Waals surface area contributed by atoms with Crippen LogP contribution in [0.3, 0.4) is 0 Å². The number of nitrogens with one attached hydrogen (secondary N) is 2. The summed E-state index contributed by atoms with van der Waals surface area (Å²) in [5.41, 5.74) is 3.09. The van der Waals surface area contributed by atoms with Gasteiger partial charge in [0.25, 0.3) is 0 Å². The van der Waals surface area contributed by atoms with Gasteiger partial charge in [-0.2, -0.15) is 0 Å². The Morgan fingerprint density at radius 3 is 2.71 bits per heavy atom. The highest BCUT2D eigenvalue weighted by molar-refractivity contribution is 6.31. The maximum Gasteiger partial charge on any atom is 0.239 e. The number of benzene rings is 2. The van der Waals surface area contributed by atoms with Gasteiger partial charge in [-0.05, 0) is 29.7 Å². The molecule has 1 saturated heterocycles. The van der Waals surface area contributed by atoms with Crippen LogP contribution in [0.15, 0.2) is 54.7 Å². The Balaban J connectivity index is 1.58. The number of rotatable bonds is 6. The minimum Gasteiger partial charge on any atom is -0.361 e. The molecule has 6 heteroatoms. The number of amides is 2. The topological polar surface area (TPSA) is 65.2 Å². The van der Waals surface area contributed by atoms with Gasteiger partial charge in [0.15, 0.2) is 0 Å². The lowest BCUT2D eigenvalue weighted by Crippen LogP contribution is -2.39. The third kappa shape index (κ3) is 3.76. The van der Waals surface area contributed by atoms with Crippen molar-refractivity contribution in [3.8, 4) is 0 Å². The summed E-state index contributed by atoms with van der Waals surface area (Å²) in [6.07, 6.45) is 3.34. The molecule has 0 aliphatic carbocycles. The zero-order valence-corrected chi connectivity index (χ0v) is 16.2. The number of hydrogen-bond acceptors (Lipinski definition) is 2.